The maximum Gasteiger partial charge on any atom is 0.178 e. The van der Waals surface area contributed by atoms with E-state index in [0.29, 0.717) is 5.92 Å². The molecule has 0 atom stereocenters. The van der Waals surface area contributed by atoms with Crippen LogP contribution in [0.15, 0.2) is 173 Å². The van der Waals surface area contributed by atoms with Gasteiger partial charge in [0.1, 0.15) is 20.8 Å². The fraction of sp³-hybridized carbons (Fsp3) is 0.200. The minimum absolute atomic E-state index is 0.648. The van der Waals surface area contributed by atoms with Gasteiger partial charge in [-0.25, -0.2) is 9.13 Å². The Morgan fingerprint density at radius 2 is 0.909 bits per heavy atom. The lowest BCUT2D eigenvalue weighted by Gasteiger charge is -2.12. The molecule has 0 aliphatic rings. The molecular weight excluding hydrogens is 671 g/mol. The fourth-order valence-electron chi connectivity index (χ4n) is 6.37. The Balaban J connectivity index is 0.000000421. The first-order chi connectivity index (χ1) is 26.7. The molecule has 55 heavy (non-hydrogen) atoms. The van der Waals surface area contributed by atoms with E-state index in [1.807, 2.05) is 38.9 Å². The van der Waals surface area contributed by atoms with Crippen LogP contribution in [0.4, 0.5) is 0 Å². The lowest BCUT2D eigenvalue weighted by atomic mass is 10.0. The third-order valence-corrected chi connectivity index (χ3v) is 9.22. The quantitative estimate of drug-likeness (QED) is 0.123. The van der Waals surface area contributed by atoms with Crippen LogP contribution in [0.5, 0.6) is 0 Å². The van der Waals surface area contributed by atoms with E-state index in [1.54, 1.807) is 6.20 Å². The van der Waals surface area contributed by atoms with E-state index in [9.17, 15) is 0 Å². The van der Waals surface area contributed by atoms with E-state index in [4.69, 9.17) is 0 Å². The fourth-order valence-corrected chi connectivity index (χ4v) is 6.37. The number of rotatable bonds is 6. The average molecular weight is 730 g/mol. The molecule has 0 aliphatic carbocycles. The van der Waals surface area contributed by atoms with E-state index < -0.39 is 0 Å². The first-order valence-corrected chi connectivity index (χ1v) is 19.0. The van der Waals surface area contributed by atoms with Crippen molar-refractivity contribution in [3.63, 3.8) is 0 Å². The van der Waals surface area contributed by atoms with Gasteiger partial charge in [-0.05, 0) is 58.6 Å². The molecule has 0 radical (unpaired) electrons. The molecule has 5 nitrogen and oxygen atoms in total. The Hall–Kier alpha value is -6.20. The van der Waals surface area contributed by atoms with Crippen LogP contribution in [0.2, 0.25) is 0 Å². The smallest absolute Gasteiger partial charge is 0.178 e. The van der Waals surface area contributed by atoms with Crippen LogP contribution in [0, 0.1) is 5.92 Å². The van der Waals surface area contributed by atoms with Crippen molar-refractivity contribution in [2.24, 2.45) is 20.0 Å². The number of hydrogen-bond acceptors (Lipinski definition) is 1. The summed E-state index contributed by atoms with van der Waals surface area (Å²) in [6.45, 7) is 22.0. The van der Waals surface area contributed by atoms with Gasteiger partial charge in [-0.1, -0.05) is 113 Å². The average Bonchev–Trinajstić information content (AvgIpc) is 3.70. The van der Waals surface area contributed by atoms with Crippen LogP contribution >= 0.6 is 0 Å². The van der Waals surface area contributed by atoms with Crippen molar-refractivity contribution in [3.8, 4) is 22.3 Å². The summed E-state index contributed by atoms with van der Waals surface area (Å²) >= 11 is 0. The number of aromatic nitrogens is 4. The molecule has 4 heterocycles. The van der Waals surface area contributed by atoms with Gasteiger partial charge in [0.15, 0.2) is 24.8 Å². The minimum Gasteiger partial charge on any atom is -0.384 e. The number of allylic oxidation sites excluding steroid dienone is 1. The van der Waals surface area contributed by atoms with Crippen molar-refractivity contribution in [2.45, 2.75) is 34.4 Å². The van der Waals surface area contributed by atoms with Crippen molar-refractivity contribution < 1.29 is 9.13 Å². The molecule has 0 unspecified atom stereocenters. The van der Waals surface area contributed by atoms with Crippen molar-refractivity contribution in [3.05, 3.63) is 173 Å². The van der Waals surface area contributed by atoms with Crippen molar-refractivity contribution in [2.75, 3.05) is 14.1 Å². The van der Waals surface area contributed by atoms with Gasteiger partial charge in [0.2, 0.25) is 0 Å². The second-order valence-corrected chi connectivity index (χ2v) is 13.6. The first-order valence-electron chi connectivity index (χ1n) is 19.0. The van der Waals surface area contributed by atoms with Crippen molar-refractivity contribution in [1.29, 1.82) is 0 Å². The largest absolute Gasteiger partial charge is 0.384 e. The number of nitrogens with zero attached hydrogens (tertiary/aromatic N) is 5. The SMILES string of the molecule is C=C.C=CC(C)C.C=CN(C)C.CC.C[n+]1ccc2c(c1)c1cc(-c3ccccc3)ccc1n2Cn1c2ccc(-c3ccccc3)cc2c2c[n+](C)ccc21. The second-order valence-electron chi connectivity index (χ2n) is 13.6. The van der Waals surface area contributed by atoms with Crippen LogP contribution in [-0.2, 0) is 20.8 Å². The number of hydrogen-bond donors (Lipinski definition) is 0. The standard InChI is InChI=1S/C37H30N4.C5H10.C4H9N.C2H6.C2H4/c1-38-19-17-36-32(23-38)30-21-28(26-9-5-3-6-10-26)13-15-34(30)40(36)25-41-35-16-14-29(27-11-7-4-8-12-27)22-31(35)33-24-39(2)20-18-37(33)41;2*1-4-5(2)3;2*1-2/h3-24H,25H2,1-2H3;4-5H,1H2,2-3H3;4H,1H2,2-3H3;1-2H3;1-2H2/q+2;;;;. The number of aryl methyl sites for hydroxylation is 2. The molecule has 0 fully saturated rings. The number of fused-ring (bicyclic) bond motifs is 6. The molecule has 0 amide bonds. The van der Waals surface area contributed by atoms with Crippen LogP contribution in [0.25, 0.3) is 65.9 Å². The zero-order valence-electron chi connectivity index (χ0n) is 34.2. The summed E-state index contributed by atoms with van der Waals surface area (Å²) in [5, 5.41) is 5.08. The van der Waals surface area contributed by atoms with Crippen molar-refractivity contribution in [1.82, 2.24) is 14.0 Å². The highest BCUT2D eigenvalue weighted by molar-refractivity contribution is 6.10. The molecule has 0 saturated heterocycles. The molecule has 0 bridgehead atoms. The number of benzene rings is 4. The lowest BCUT2D eigenvalue weighted by molar-refractivity contribution is -0.670. The summed E-state index contributed by atoms with van der Waals surface area (Å²) in [6, 6.07) is 39.6. The predicted octanol–water partition coefficient (Wildman–Crippen LogP) is 11.7. The Labute approximate surface area is 329 Å². The van der Waals surface area contributed by atoms with Crippen molar-refractivity contribution >= 4 is 43.6 Å². The minimum atomic E-state index is 0.648. The van der Waals surface area contributed by atoms with E-state index >= 15 is 0 Å². The Morgan fingerprint density at radius 1 is 0.564 bits per heavy atom. The monoisotopic (exact) mass is 729 g/mol. The van der Waals surface area contributed by atoms with Crippen LogP contribution in [0.3, 0.4) is 0 Å². The van der Waals surface area contributed by atoms with Crippen LogP contribution in [-0.4, -0.2) is 28.1 Å². The molecule has 0 spiro atoms. The van der Waals surface area contributed by atoms with Gasteiger partial charge in [0, 0.05) is 37.0 Å². The summed E-state index contributed by atoms with van der Waals surface area (Å²) in [5.41, 5.74) is 9.90. The van der Waals surface area contributed by atoms with Gasteiger partial charge in [0.05, 0.1) is 32.8 Å². The van der Waals surface area contributed by atoms with Gasteiger partial charge in [-0.2, -0.15) is 0 Å². The zero-order valence-corrected chi connectivity index (χ0v) is 34.2. The molecule has 0 aliphatic heterocycles. The van der Waals surface area contributed by atoms with E-state index in [0.717, 1.165) is 6.67 Å². The Bertz CT molecular complexity index is 2290. The van der Waals surface area contributed by atoms with Crippen LogP contribution < -0.4 is 9.13 Å². The van der Waals surface area contributed by atoms with E-state index in [-0.39, 0.29) is 0 Å². The summed E-state index contributed by atoms with van der Waals surface area (Å²) in [4.78, 5) is 1.89. The molecule has 4 aromatic carbocycles. The Kier molecular flexibility index (Phi) is 14.9. The normalized spacial score (nSPS) is 10.3. The van der Waals surface area contributed by atoms with Gasteiger partial charge in [-0.15, -0.1) is 19.7 Å². The summed E-state index contributed by atoms with van der Waals surface area (Å²) < 4.78 is 9.23. The molecule has 0 saturated carbocycles. The molecule has 5 heteroatoms. The van der Waals surface area contributed by atoms with Gasteiger partial charge in [-0.3, -0.25) is 0 Å². The summed E-state index contributed by atoms with van der Waals surface area (Å²) in [7, 11) is 8.07. The van der Waals surface area contributed by atoms with Crippen LogP contribution in [0.1, 0.15) is 27.7 Å². The highest BCUT2D eigenvalue weighted by Crippen LogP contribution is 2.35. The molecule has 0 N–H and O–H groups in total. The lowest BCUT2D eigenvalue weighted by Crippen LogP contribution is -2.26. The maximum atomic E-state index is 3.56. The number of pyridine rings is 2. The predicted molar refractivity (Wildman–Crippen MR) is 239 cm³/mol. The second kappa shape index (κ2) is 19.8. The maximum absolute atomic E-state index is 3.56. The molecule has 8 rings (SSSR count). The molecule has 282 valence electrons. The molecular formula is C50H59N5+2. The van der Waals surface area contributed by atoms with Gasteiger partial charge in [0.25, 0.3) is 0 Å². The zero-order chi connectivity index (χ0) is 40.1. The topological polar surface area (TPSA) is 20.9 Å². The van der Waals surface area contributed by atoms with Gasteiger partial charge >= 0.3 is 0 Å². The Morgan fingerprint density at radius 3 is 1.24 bits per heavy atom. The first kappa shape index (κ1) is 41.6. The highest BCUT2D eigenvalue weighted by atomic mass is 15.2. The highest BCUT2D eigenvalue weighted by Gasteiger charge is 2.19. The van der Waals surface area contributed by atoms with E-state index in [1.165, 1.54) is 65.9 Å². The summed E-state index contributed by atoms with van der Waals surface area (Å²) in [5.74, 6) is 0.648. The molecule has 8 aromatic rings. The summed E-state index contributed by atoms with van der Waals surface area (Å²) in [6.07, 6.45) is 12.5. The third-order valence-electron chi connectivity index (χ3n) is 9.22. The van der Waals surface area contributed by atoms with Gasteiger partial charge < -0.3 is 14.0 Å². The molecule has 4 aromatic heterocycles. The third kappa shape index (κ3) is 9.68. The van der Waals surface area contributed by atoms with E-state index in [2.05, 4.69) is 207 Å².